The lowest BCUT2D eigenvalue weighted by molar-refractivity contribution is -0.137. The van der Waals surface area contributed by atoms with Crippen molar-refractivity contribution in [1.82, 2.24) is 9.88 Å². The van der Waals surface area contributed by atoms with Crippen LogP contribution in [0.25, 0.3) is 0 Å². The van der Waals surface area contributed by atoms with Gasteiger partial charge in [0.25, 0.3) is 5.91 Å². The first-order valence-corrected chi connectivity index (χ1v) is 8.62. The number of aromatic nitrogens is 1. The van der Waals surface area contributed by atoms with Gasteiger partial charge in [0.2, 0.25) is 0 Å². The summed E-state index contributed by atoms with van der Waals surface area (Å²) in [6.45, 7) is 9.67. The molecule has 23 heavy (non-hydrogen) atoms. The van der Waals surface area contributed by atoms with Crippen molar-refractivity contribution in [2.75, 3.05) is 31.6 Å². The average Bonchev–Trinajstić information content (AvgIpc) is 2.98. The highest BCUT2D eigenvalue weighted by Crippen LogP contribution is 2.21. The summed E-state index contributed by atoms with van der Waals surface area (Å²) in [5.74, 6) is 0.252. The molecule has 1 amide bonds. The monoisotopic (exact) mass is 337 g/mol. The number of esters is 1. The van der Waals surface area contributed by atoms with Gasteiger partial charge in [0, 0.05) is 25.0 Å². The van der Waals surface area contributed by atoms with Crippen molar-refractivity contribution in [2.45, 2.75) is 20.3 Å². The van der Waals surface area contributed by atoms with E-state index >= 15 is 0 Å². The zero-order chi connectivity index (χ0) is 16.8. The Bertz CT molecular complexity index is 563. The molecule has 1 aromatic heterocycles. The van der Waals surface area contributed by atoms with Crippen LogP contribution in [0.3, 0.4) is 0 Å². The van der Waals surface area contributed by atoms with Crippen LogP contribution in [0.15, 0.2) is 18.0 Å². The van der Waals surface area contributed by atoms with E-state index in [2.05, 4.69) is 30.7 Å². The number of hydrogen-bond acceptors (Lipinski definition) is 6. The Balaban J connectivity index is 1.82. The van der Waals surface area contributed by atoms with Gasteiger partial charge in [-0.25, -0.2) is 9.78 Å². The third-order valence-electron chi connectivity index (χ3n) is 3.66. The summed E-state index contributed by atoms with van der Waals surface area (Å²) < 4.78 is 5.10. The van der Waals surface area contributed by atoms with Crippen molar-refractivity contribution in [3.05, 3.63) is 23.7 Å². The Morgan fingerprint density at radius 1 is 1.48 bits per heavy atom. The van der Waals surface area contributed by atoms with Crippen molar-refractivity contribution >= 4 is 28.3 Å². The molecule has 0 saturated carbocycles. The fourth-order valence-electron chi connectivity index (χ4n) is 2.77. The maximum atomic E-state index is 12.2. The number of amides is 1. The second-order valence-corrected chi connectivity index (χ2v) is 6.89. The van der Waals surface area contributed by atoms with E-state index in [-0.39, 0.29) is 18.2 Å². The van der Waals surface area contributed by atoms with Crippen LogP contribution in [0.4, 0.5) is 5.13 Å². The Kier molecular flexibility index (Phi) is 6.15. The van der Waals surface area contributed by atoms with Crippen LogP contribution < -0.4 is 5.32 Å². The maximum Gasteiger partial charge on any atom is 0.358 e. The fraction of sp³-hybridized carbons (Fsp3) is 0.562. The smallest absolute Gasteiger partial charge is 0.358 e. The number of ether oxygens (including phenoxy) is 1. The van der Waals surface area contributed by atoms with E-state index in [0.29, 0.717) is 23.5 Å². The molecule has 2 rings (SSSR count). The molecule has 0 aliphatic carbocycles. The van der Waals surface area contributed by atoms with E-state index < -0.39 is 5.97 Å². The van der Waals surface area contributed by atoms with E-state index in [1.54, 1.807) is 16.4 Å². The van der Waals surface area contributed by atoms with Crippen molar-refractivity contribution in [3.8, 4) is 0 Å². The van der Waals surface area contributed by atoms with Crippen molar-refractivity contribution < 1.29 is 14.3 Å². The lowest BCUT2D eigenvalue weighted by atomic mass is 9.92. The van der Waals surface area contributed by atoms with Gasteiger partial charge in [-0.1, -0.05) is 19.9 Å². The molecule has 0 spiro atoms. The highest BCUT2D eigenvalue weighted by molar-refractivity contribution is 7.13. The summed E-state index contributed by atoms with van der Waals surface area (Å²) in [5.41, 5.74) is 0.217. The number of piperidine rings is 1. The second kappa shape index (κ2) is 8.10. The van der Waals surface area contributed by atoms with Crippen molar-refractivity contribution in [1.29, 1.82) is 0 Å². The van der Waals surface area contributed by atoms with Crippen LogP contribution in [-0.2, 0) is 9.53 Å². The number of anilines is 1. The summed E-state index contributed by atoms with van der Waals surface area (Å²) in [6.07, 6.45) is 2.83. The molecule has 1 aromatic rings. The van der Waals surface area contributed by atoms with Gasteiger partial charge in [0.1, 0.15) is 0 Å². The van der Waals surface area contributed by atoms with Crippen LogP contribution in [-0.4, -0.2) is 48.0 Å². The molecule has 0 radical (unpaired) electrons. The highest BCUT2D eigenvalue weighted by Gasteiger charge is 2.26. The summed E-state index contributed by atoms with van der Waals surface area (Å²) >= 11 is 1.31. The van der Waals surface area contributed by atoms with Crippen LogP contribution in [0, 0.1) is 11.8 Å². The minimum atomic E-state index is -0.570. The van der Waals surface area contributed by atoms with Crippen LogP contribution >= 0.6 is 11.3 Å². The molecule has 126 valence electrons. The zero-order valence-electron chi connectivity index (χ0n) is 13.6. The summed E-state index contributed by atoms with van der Waals surface area (Å²) in [5, 5.41) is 5.24. The summed E-state index contributed by atoms with van der Waals surface area (Å²) in [4.78, 5) is 30.0. The molecule has 1 N–H and O–H groups in total. The topological polar surface area (TPSA) is 71.5 Å². The number of thiazole rings is 1. The van der Waals surface area contributed by atoms with Gasteiger partial charge in [-0.15, -0.1) is 17.9 Å². The number of rotatable bonds is 6. The third-order valence-corrected chi connectivity index (χ3v) is 4.46. The molecule has 1 fully saturated rings. The van der Waals surface area contributed by atoms with Crippen molar-refractivity contribution in [2.24, 2.45) is 11.8 Å². The number of nitrogens with zero attached hydrogens (tertiary/aromatic N) is 2. The van der Waals surface area contributed by atoms with Gasteiger partial charge >= 0.3 is 5.97 Å². The number of likely N-dealkylation sites (tertiary alicyclic amines) is 1. The predicted molar refractivity (Wildman–Crippen MR) is 90.6 cm³/mol. The van der Waals surface area contributed by atoms with Gasteiger partial charge in [0.15, 0.2) is 17.4 Å². The molecule has 1 aliphatic heterocycles. The highest BCUT2D eigenvalue weighted by atomic mass is 32.1. The molecule has 1 aliphatic rings. The first kappa shape index (κ1) is 17.5. The molecule has 7 heteroatoms. The van der Waals surface area contributed by atoms with Gasteiger partial charge in [-0.05, 0) is 18.3 Å². The molecular weight excluding hydrogens is 314 g/mol. The molecule has 0 unspecified atom stereocenters. The zero-order valence-corrected chi connectivity index (χ0v) is 14.4. The van der Waals surface area contributed by atoms with Gasteiger partial charge < -0.3 is 15.0 Å². The maximum absolute atomic E-state index is 12.2. The minimum absolute atomic E-state index is 0.142. The minimum Gasteiger partial charge on any atom is -0.451 e. The number of hydrogen-bond donors (Lipinski definition) is 1. The summed E-state index contributed by atoms with van der Waals surface area (Å²) in [7, 11) is 0. The SMILES string of the molecule is C=CCNc1nc(C(=O)OCC(=O)N2C[C@H](C)C[C@@H](C)C2)cs1. The number of carbonyl (C=O) groups is 2. The molecule has 0 bridgehead atoms. The molecule has 1 saturated heterocycles. The van der Waals surface area contributed by atoms with Crippen LogP contribution in [0.1, 0.15) is 30.8 Å². The third kappa shape index (κ3) is 5.06. The number of carbonyl (C=O) groups excluding carboxylic acids is 2. The standard InChI is InChI=1S/C16H23N3O3S/c1-4-5-17-16-18-13(10-23-16)15(21)22-9-14(20)19-7-11(2)6-12(3)8-19/h4,10-12H,1,5-9H2,2-3H3,(H,17,18)/t11-,12-/m1/s1. The molecule has 2 atom stereocenters. The Morgan fingerprint density at radius 3 is 2.83 bits per heavy atom. The molecule has 0 aromatic carbocycles. The van der Waals surface area contributed by atoms with E-state index in [0.717, 1.165) is 19.5 Å². The van der Waals surface area contributed by atoms with Crippen LogP contribution in [0.5, 0.6) is 0 Å². The second-order valence-electron chi connectivity index (χ2n) is 6.03. The number of nitrogens with one attached hydrogen (secondary N) is 1. The normalized spacial score (nSPS) is 20.9. The average molecular weight is 337 g/mol. The molecule has 2 heterocycles. The quantitative estimate of drug-likeness (QED) is 0.637. The van der Waals surface area contributed by atoms with E-state index in [1.165, 1.54) is 11.3 Å². The van der Waals surface area contributed by atoms with Crippen LogP contribution in [0.2, 0.25) is 0 Å². The molecule has 6 nitrogen and oxygen atoms in total. The Labute approximate surface area is 140 Å². The first-order chi connectivity index (χ1) is 11.0. The largest absolute Gasteiger partial charge is 0.451 e. The van der Waals surface area contributed by atoms with E-state index in [9.17, 15) is 9.59 Å². The lowest BCUT2D eigenvalue weighted by Crippen LogP contribution is -2.44. The van der Waals surface area contributed by atoms with E-state index in [1.807, 2.05) is 0 Å². The Morgan fingerprint density at radius 2 is 2.17 bits per heavy atom. The molecular formula is C16H23N3O3S. The Hall–Kier alpha value is -1.89. The fourth-order valence-corrected chi connectivity index (χ4v) is 3.46. The van der Waals surface area contributed by atoms with Crippen molar-refractivity contribution in [3.63, 3.8) is 0 Å². The summed E-state index contributed by atoms with van der Waals surface area (Å²) in [6, 6.07) is 0. The van der Waals surface area contributed by atoms with E-state index in [4.69, 9.17) is 4.74 Å². The lowest BCUT2D eigenvalue weighted by Gasteiger charge is -2.34. The van der Waals surface area contributed by atoms with Gasteiger partial charge in [-0.3, -0.25) is 4.79 Å². The predicted octanol–water partition coefficient (Wildman–Crippen LogP) is 2.40. The van der Waals surface area contributed by atoms with Gasteiger partial charge in [-0.2, -0.15) is 0 Å². The van der Waals surface area contributed by atoms with Gasteiger partial charge in [0.05, 0.1) is 0 Å². The first-order valence-electron chi connectivity index (χ1n) is 7.74.